The Bertz CT molecular complexity index is 1030. The molecular formula is C19H19N7O2S. The highest BCUT2D eigenvalue weighted by Gasteiger charge is 2.09. The van der Waals surface area contributed by atoms with Crippen LogP contribution >= 0.6 is 11.3 Å². The van der Waals surface area contributed by atoms with Gasteiger partial charge in [-0.3, -0.25) is 4.79 Å². The van der Waals surface area contributed by atoms with Crippen LogP contribution in [0.15, 0.2) is 52.6 Å². The number of carbonyl (C=O) groups excluding carboxylic acids is 1. The summed E-state index contributed by atoms with van der Waals surface area (Å²) >= 11 is 1.59. The van der Waals surface area contributed by atoms with Gasteiger partial charge < -0.3 is 9.84 Å². The van der Waals surface area contributed by atoms with Crippen molar-refractivity contribution in [2.45, 2.75) is 25.7 Å². The molecule has 1 aromatic carbocycles. The highest BCUT2D eigenvalue weighted by Crippen LogP contribution is 2.21. The molecule has 0 unspecified atom stereocenters. The van der Waals surface area contributed by atoms with Crippen LogP contribution in [0.1, 0.15) is 35.5 Å². The summed E-state index contributed by atoms with van der Waals surface area (Å²) in [5.74, 6) is 1.21. The standard InChI is InChI=1S/C19H19N7O2S/c27-19(14-7-9-15(10-8-14)26-13-21-24-25-26)20-11-3-1-2-6-17-22-18(23-28-17)16-5-4-12-29-16/h4-5,7-10,12-13H,1-3,6,11H2,(H,20,27). The van der Waals surface area contributed by atoms with Crippen LogP contribution in [0, 0.1) is 0 Å². The molecule has 0 aliphatic rings. The highest BCUT2D eigenvalue weighted by molar-refractivity contribution is 7.13. The third-order valence-corrected chi connectivity index (χ3v) is 5.17. The zero-order chi connectivity index (χ0) is 19.9. The maximum absolute atomic E-state index is 12.2. The van der Waals surface area contributed by atoms with E-state index in [0.29, 0.717) is 23.8 Å². The van der Waals surface area contributed by atoms with E-state index in [1.807, 2.05) is 17.5 Å². The van der Waals surface area contributed by atoms with Crippen molar-refractivity contribution in [3.8, 4) is 16.4 Å². The molecule has 0 radical (unpaired) electrons. The second-order valence-corrected chi connectivity index (χ2v) is 7.30. The molecule has 0 spiro atoms. The van der Waals surface area contributed by atoms with E-state index in [9.17, 15) is 4.79 Å². The summed E-state index contributed by atoms with van der Waals surface area (Å²) in [6.45, 7) is 0.623. The molecule has 0 aliphatic carbocycles. The number of nitrogens with zero attached hydrogens (tertiary/aromatic N) is 6. The van der Waals surface area contributed by atoms with Crippen LogP contribution in [0.3, 0.4) is 0 Å². The van der Waals surface area contributed by atoms with Crippen LogP contribution in [-0.2, 0) is 6.42 Å². The second kappa shape index (κ2) is 9.20. The van der Waals surface area contributed by atoms with Gasteiger partial charge in [-0.05, 0) is 59.0 Å². The fraction of sp³-hybridized carbons (Fsp3) is 0.263. The molecule has 0 atom stereocenters. The van der Waals surface area contributed by atoms with Crippen molar-refractivity contribution < 1.29 is 9.32 Å². The van der Waals surface area contributed by atoms with E-state index in [2.05, 4.69) is 31.0 Å². The molecule has 1 N–H and O–H groups in total. The van der Waals surface area contributed by atoms with Gasteiger partial charge in [-0.25, -0.2) is 4.68 Å². The first-order valence-electron chi connectivity index (χ1n) is 9.28. The molecule has 10 heteroatoms. The molecule has 3 aromatic heterocycles. The van der Waals surface area contributed by atoms with Crippen LogP contribution < -0.4 is 5.32 Å². The van der Waals surface area contributed by atoms with E-state index < -0.39 is 0 Å². The van der Waals surface area contributed by atoms with Gasteiger partial charge >= 0.3 is 0 Å². The summed E-state index contributed by atoms with van der Waals surface area (Å²) < 4.78 is 6.83. The monoisotopic (exact) mass is 409 g/mol. The predicted octanol–water partition coefficient (Wildman–Crippen LogP) is 2.92. The molecule has 4 aromatic rings. The van der Waals surface area contributed by atoms with Crippen LogP contribution in [0.4, 0.5) is 0 Å². The lowest BCUT2D eigenvalue weighted by Gasteiger charge is -2.06. The average molecular weight is 409 g/mol. The van der Waals surface area contributed by atoms with Crippen LogP contribution in [0.2, 0.25) is 0 Å². The molecule has 1 amide bonds. The van der Waals surface area contributed by atoms with E-state index in [1.165, 1.54) is 11.0 Å². The minimum absolute atomic E-state index is 0.0919. The first-order chi connectivity index (χ1) is 14.3. The zero-order valence-electron chi connectivity index (χ0n) is 15.6. The Balaban J connectivity index is 1.15. The molecule has 0 fully saturated rings. The summed E-state index contributed by atoms with van der Waals surface area (Å²) in [6.07, 6.45) is 5.04. The Morgan fingerprint density at radius 2 is 2.03 bits per heavy atom. The van der Waals surface area contributed by atoms with Crippen LogP contribution in [0.5, 0.6) is 0 Å². The first kappa shape index (κ1) is 18.9. The third kappa shape index (κ3) is 4.91. The molecule has 0 saturated carbocycles. The number of benzene rings is 1. The SMILES string of the molecule is O=C(NCCCCCc1nc(-c2cccs2)no1)c1ccc(-n2cnnn2)cc1. The van der Waals surface area contributed by atoms with E-state index in [4.69, 9.17) is 4.52 Å². The molecular weight excluding hydrogens is 390 g/mol. The smallest absolute Gasteiger partial charge is 0.251 e. The second-order valence-electron chi connectivity index (χ2n) is 6.36. The summed E-state index contributed by atoms with van der Waals surface area (Å²) in [4.78, 5) is 17.6. The number of carbonyl (C=O) groups is 1. The Kier molecular flexibility index (Phi) is 6.01. The van der Waals surface area contributed by atoms with Gasteiger partial charge in [-0.1, -0.05) is 17.6 Å². The Hall–Kier alpha value is -3.40. The molecule has 0 saturated heterocycles. The molecule has 3 heterocycles. The number of hydrogen-bond acceptors (Lipinski definition) is 8. The number of nitrogens with one attached hydrogen (secondary N) is 1. The van der Waals surface area contributed by atoms with Crippen LogP contribution in [0.25, 0.3) is 16.4 Å². The van der Waals surface area contributed by atoms with Crippen molar-refractivity contribution in [1.82, 2.24) is 35.7 Å². The molecule has 0 bridgehead atoms. The van der Waals surface area contributed by atoms with E-state index in [0.717, 1.165) is 36.2 Å². The van der Waals surface area contributed by atoms with Gasteiger partial charge in [0.1, 0.15) is 6.33 Å². The predicted molar refractivity (Wildman–Crippen MR) is 107 cm³/mol. The van der Waals surface area contributed by atoms with Crippen molar-refractivity contribution in [1.29, 1.82) is 0 Å². The maximum atomic E-state index is 12.2. The summed E-state index contributed by atoms with van der Waals surface area (Å²) in [5.41, 5.74) is 1.41. The number of aromatic nitrogens is 6. The Morgan fingerprint density at radius 1 is 1.14 bits per heavy atom. The number of hydrogen-bond donors (Lipinski definition) is 1. The van der Waals surface area contributed by atoms with Crippen LogP contribution in [-0.4, -0.2) is 42.8 Å². The number of unbranched alkanes of at least 4 members (excludes halogenated alkanes) is 2. The Labute approximate surface area is 170 Å². The maximum Gasteiger partial charge on any atom is 0.251 e. The van der Waals surface area contributed by atoms with Crippen molar-refractivity contribution in [3.63, 3.8) is 0 Å². The summed E-state index contributed by atoms with van der Waals surface area (Å²) in [5, 5.41) is 19.9. The molecule has 0 aliphatic heterocycles. The molecule has 29 heavy (non-hydrogen) atoms. The number of tetrazole rings is 1. The van der Waals surface area contributed by atoms with Crippen molar-refractivity contribution in [2.75, 3.05) is 6.54 Å². The topological polar surface area (TPSA) is 112 Å². The lowest BCUT2D eigenvalue weighted by atomic mass is 10.1. The molecule has 148 valence electrons. The van der Waals surface area contributed by atoms with Gasteiger partial charge in [0.15, 0.2) is 0 Å². The first-order valence-corrected chi connectivity index (χ1v) is 10.2. The summed E-state index contributed by atoms with van der Waals surface area (Å²) in [6, 6.07) is 11.1. The number of thiophene rings is 1. The lowest BCUT2D eigenvalue weighted by Crippen LogP contribution is -2.24. The Morgan fingerprint density at radius 3 is 2.79 bits per heavy atom. The number of aryl methyl sites for hydroxylation is 1. The summed E-state index contributed by atoms with van der Waals surface area (Å²) in [7, 11) is 0. The van der Waals surface area contributed by atoms with E-state index in [1.54, 1.807) is 35.6 Å². The minimum Gasteiger partial charge on any atom is -0.352 e. The lowest BCUT2D eigenvalue weighted by molar-refractivity contribution is 0.0953. The average Bonchev–Trinajstić information content (AvgIpc) is 3.52. The fourth-order valence-electron chi connectivity index (χ4n) is 2.79. The van der Waals surface area contributed by atoms with E-state index >= 15 is 0 Å². The normalized spacial score (nSPS) is 10.9. The van der Waals surface area contributed by atoms with Crippen molar-refractivity contribution in [3.05, 3.63) is 59.6 Å². The fourth-order valence-corrected chi connectivity index (χ4v) is 3.44. The van der Waals surface area contributed by atoms with E-state index in [-0.39, 0.29) is 5.91 Å². The minimum atomic E-state index is -0.0919. The largest absolute Gasteiger partial charge is 0.352 e. The van der Waals surface area contributed by atoms with Crippen molar-refractivity contribution >= 4 is 17.2 Å². The molecule has 4 rings (SSSR count). The third-order valence-electron chi connectivity index (χ3n) is 4.31. The van der Waals surface area contributed by atoms with Gasteiger partial charge in [0.05, 0.1) is 10.6 Å². The van der Waals surface area contributed by atoms with Gasteiger partial charge in [0, 0.05) is 18.5 Å². The number of amides is 1. The quantitative estimate of drug-likeness (QED) is 0.423. The number of rotatable bonds is 9. The highest BCUT2D eigenvalue weighted by atomic mass is 32.1. The molecule has 9 nitrogen and oxygen atoms in total. The zero-order valence-corrected chi connectivity index (χ0v) is 16.4. The van der Waals surface area contributed by atoms with Gasteiger partial charge in [-0.15, -0.1) is 16.4 Å². The van der Waals surface area contributed by atoms with Gasteiger partial charge in [0.2, 0.25) is 11.7 Å². The van der Waals surface area contributed by atoms with Gasteiger partial charge in [-0.2, -0.15) is 4.98 Å². The van der Waals surface area contributed by atoms with Crippen molar-refractivity contribution in [2.24, 2.45) is 0 Å². The van der Waals surface area contributed by atoms with Gasteiger partial charge in [0.25, 0.3) is 5.91 Å².